The molecule has 0 bridgehead atoms. The van der Waals surface area contributed by atoms with E-state index in [-0.39, 0.29) is 0 Å². The first-order valence-corrected chi connectivity index (χ1v) is 7.01. The normalized spacial score (nSPS) is 12.1. The van der Waals surface area contributed by atoms with E-state index in [0.29, 0.717) is 8.85 Å². The van der Waals surface area contributed by atoms with Gasteiger partial charge in [0.05, 0.1) is 0 Å². The third kappa shape index (κ3) is 4.26. The second-order valence-corrected chi connectivity index (χ2v) is 6.01. The first-order valence-electron chi connectivity index (χ1n) is 5.85. The summed E-state index contributed by atoms with van der Waals surface area (Å²) in [6.07, 6.45) is -8.77. The summed E-state index contributed by atoms with van der Waals surface area (Å²) in [5, 5.41) is 0. The number of rotatable bonds is 2. The van der Waals surface area contributed by atoms with E-state index < -0.39 is 38.7 Å². The zero-order valence-electron chi connectivity index (χ0n) is 10.5. The molecule has 0 aromatic heterocycles. The fraction of sp³-hybridized carbons (Fsp3) is 0.143. The van der Waals surface area contributed by atoms with Crippen LogP contribution >= 0.6 is 0 Å². The van der Waals surface area contributed by atoms with Crippen molar-refractivity contribution in [1.82, 2.24) is 0 Å². The second kappa shape index (κ2) is 5.74. The Morgan fingerprint density at radius 2 is 0.810 bits per heavy atom. The van der Waals surface area contributed by atoms with Crippen LogP contribution in [0, 0.1) is 0 Å². The van der Waals surface area contributed by atoms with E-state index in [0.717, 1.165) is 24.3 Å². The molecule has 0 aliphatic carbocycles. The van der Waals surface area contributed by atoms with Gasteiger partial charge >= 0.3 is 122 Å². The number of benzene rings is 2. The molecule has 0 saturated heterocycles. The van der Waals surface area contributed by atoms with Crippen LogP contribution in [0.15, 0.2) is 48.5 Å². The van der Waals surface area contributed by atoms with Crippen LogP contribution in [0.3, 0.4) is 0 Å². The summed E-state index contributed by atoms with van der Waals surface area (Å²) in [4.78, 5) is 0. The predicted octanol–water partition coefficient (Wildman–Crippen LogP) is 3.38. The molecule has 2 rings (SSSR count). The monoisotopic (exact) mass is 317 g/mol. The molecule has 0 spiro atoms. The van der Waals surface area contributed by atoms with E-state index in [2.05, 4.69) is 0 Å². The molecular weight excluding hydrogens is 309 g/mol. The van der Waals surface area contributed by atoms with E-state index in [9.17, 15) is 26.3 Å². The Balaban J connectivity index is 2.12. The average Bonchev–Trinajstić information content (AvgIpc) is 2.38. The van der Waals surface area contributed by atoms with Crippen molar-refractivity contribution < 1.29 is 26.3 Å². The zero-order valence-corrected chi connectivity index (χ0v) is 11.6. The average molecular weight is 317 g/mol. The fourth-order valence-corrected chi connectivity index (χ4v) is 2.88. The van der Waals surface area contributed by atoms with Gasteiger partial charge in [-0.25, -0.2) is 0 Å². The van der Waals surface area contributed by atoms with Crippen molar-refractivity contribution >= 4 is 24.1 Å². The van der Waals surface area contributed by atoms with Gasteiger partial charge in [0.15, 0.2) is 0 Å². The molecule has 0 unspecified atom stereocenters. The third-order valence-corrected chi connectivity index (χ3v) is 4.25. The molecule has 2 aromatic rings. The van der Waals surface area contributed by atoms with Crippen molar-refractivity contribution in [2.45, 2.75) is 12.4 Å². The van der Waals surface area contributed by atoms with Crippen LogP contribution in [0.1, 0.15) is 11.1 Å². The van der Waals surface area contributed by atoms with E-state index in [1.165, 1.54) is 24.3 Å². The minimum atomic E-state index is -4.39. The molecule has 0 aliphatic heterocycles. The van der Waals surface area contributed by atoms with Crippen molar-refractivity contribution in [1.29, 1.82) is 0 Å². The van der Waals surface area contributed by atoms with E-state index >= 15 is 0 Å². The molecule has 0 fully saturated rings. The molecular formula is C14H8AlF6+. The number of halogens is 6. The summed E-state index contributed by atoms with van der Waals surface area (Å²) < 4.78 is 75.8. The molecule has 0 atom stereocenters. The fourth-order valence-electron chi connectivity index (χ4n) is 1.73. The van der Waals surface area contributed by atoms with Crippen LogP contribution in [0.5, 0.6) is 0 Å². The van der Waals surface area contributed by atoms with Crippen molar-refractivity contribution in [3.05, 3.63) is 59.7 Å². The van der Waals surface area contributed by atoms with Crippen molar-refractivity contribution in [3.8, 4) is 0 Å². The van der Waals surface area contributed by atoms with Crippen LogP contribution in [-0.2, 0) is 12.4 Å². The molecule has 0 nitrogen and oxygen atoms in total. The summed E-state index contributed by atoms with van der Waals surface area (Å²) in [5.41, 5.74) is -1.48. The first kappa shape index (κ1) is 15.9. The number of hydrogen-bond donors (Lipinski definition) is 0. The first-order chi connectivity index (χ1) is 9.66. The molecule has 0 heterocycles. The van der Waals surface area contributed by atoms with Gasteiger partial charge in [-0.1, -0.05) is 0 Å². The topological polar surface area (TPSA) is 0 Å². The summed E-state index contributed by atoms with van der Waals surface area (Å²) in [5.74, 6) is 0. The van der Waals surface area contributed by atoms with Gasteiger partial charge < -0.3 is 0 Å². The molecule has 108 valence electrons. The zero-order chi connectivity index (χ0) is 15.7. The van der Waals surface area contributed by atoms with Crippen LogP contribution < -0.4 is 8.85 Å². The molecule has 7 heteroatoms. The molecule has 21 heavy (non-hydrogen) atoms. The Kier molecular flexibility index (Phi) is 4.36. The van der Waals surface area contributed by atoms with E-state index in [4.69, 9.17) is 0 Å². The van der Waals surface area contributed by atoms with Crippen molar-refractivity contribution in [2.24, 2.45) is 0 Å². The minimum absolute atomic E-state index is 0.543. The maximum absolute atomic E-state index is 12.4. The van der Waals surface area contributed by atoms with Gasteiger partial charge in [0.25, 0.3) is 0 Å². The van der Waals surface area contributed by atoms with Gasteiger partial charge in [-0.05, 0) is 0 Å². The van der Waals surface area contributed by atoms with E-state index in [1.807, 2.05) is 0 Å². The molecule has 0 aliphatic rings. The Morgan fingerprint density at radius 3 is 1.05 bits per heavy atom. The molecule has 0 radical (unpaired) electrons. The quantitative estimate of drug-likeness (QED) is 0.588. The Bertz CT molecular complexity index is 540. The maximum atomic E-state index is 12.4. The molecule has 0 amide bonds. The van der Waals surface area contributed by atoms with Gasteiger partial charge in [0.2, 0.25) is 0 Å². The van der Waals surface area contributed by atoms with Crippen molar-refractivity contribution in [2.75, 3.05) is 0 Å². The van der Waals surface area contributed by atoms with Crippen LogP contribution in [0.4, 0.5) is 26.3 Å². The molecule has 2 aromatic carbocycles. The summed E-state index contributed by atoms with van der Waals surface area (Å²) in [6, 6.07) is 9.34. The van der Waals surface area contributed by atoms with Crippen LogP contribution in [0.2, 0.25) is 0 Å². The van der Waals surface area contributed by atoms with Crippen LogP contribution in [-0.4, -0.2) is 15.2 Å². The summed E-state index contributed by atoms with van der Waals surface area (Å²) in [7, 11) is 0. The summed E-state index contributed by atoms with van der Waals surface area (Å²) >= 11 is -0.543. The van der Waals surface area contributed by atoms with Crippen LogP contribution in [0.25, 0.3) is 0 Å². The third-order valence-electron chi connectivity index (χ3n) is 2.81. The molecule has 0 N–H and O–H groups in total. The Morgan fingerprint density at radius 1 is 0.524 bits per heavy atom. The van der Waals surface area contributed by atoms with E-state index in [1.54, 1.807) is 0 Å². The Labute approximate surface area is 123 Å². The SMILES string of the molecule is FC(F)(F)c1cc[c]([Al+][c]2ccc(C(F)(F)F)cc2)cc1. The van der Waals surface area contributed by atoms with Gasteiger partial charge in [-0.3, -0.25) is 0 Å². The Hall–Kier alpha value is -1.45. The van der Waals surface area contributed by atoms with Gasteiger partial charge in [0, 0.05) is 0 Å². The number of alkyl halides is 6. The summed E-state index contributed by atoms with van der Waals surface area (Å²) in [6.45, 7) is 0. The number of hydrogen-bond acceptors (Lipinski definition) is 0. The second-order valence-electron chi connectivity index (χ2n) is 4.38. The molecule has 0 saturated carbocycles. The predicted molar refractivity (Wildman–Crippen MR) is 67.9 cm³/mol. The van der Waals surface area contributed by atoms with Crippen molar-refractivity contribution in [3.63, 3.8) is 0 Å². The van der Waals surface area contributed by atoms with Gasteiger partial charge in [-0.15, -0.1) is 0 Å². The van der Waals surface area contributed by atoms with Gasteiger partial charge in [-0.2, -0.15) is 0 Å². The van der Waals surface area contributed by atoms with Gasteiger partial charge in [0.1, 0.15) is 0 Å². The standard InChI is InChI=1S/2C7H4F3.Al/c2*8-7(9,10)6-4-2-1-3-5-6;/h2*2-5H;/q;;+1.